The number of nitrogens with one attached hydrogen (secondary N) is 1. The van der Waals surface area contributed by atoms with E-state index in [0.29, 0.717) is 26.3 Å². The lowest BCUT2D eigenvalue weighted by Crippen LogP contribution is -2.31. The van der Waals surface area contributed by atoms with Gasteiger partial charge in [0, 0.05) is 50.0 Å². The molecule has 0 atom stereocenters. The minimum absolute atomic E-state index is 0.0451. The number of amides is 1. The monoisotopic (exact) mass is 318 g/mol. The molecule has 0 saturated heterocycles. The van der Waals surface area contributed by atoms with Gasteiger partial charge in [-0.25, -0.2) is 4.98 Å². The van der Waals surface area contributed by atoms with Crippen LogP contribution in [0.2, 0.25) is 0 Å². The molecule has 2 aromatic rings. The topological polar surface area (TPSA) is 78.3 Å². The Bertz CT molecular complexity index is 613. The van der Waals surface area contributed by atoms with Gasteiger partial charge in [-0.05, 0) is 19.1 Å². The molecule has 0 aliphatic carbocycles. The fourth-order valence-electron chi connectivity index (χ4n) is 2.14. The van der Waals surface area contributed by atoms with Gasteiger partial charge in [-0.3, -0.25) is 9.78 Å². The average Bonchev–Trinajstić information content (AvgIpc) is 2.93. The first kappa shape index (κ1) is 17.1. The van der Waals surface area contributed by atoms with Crippen molar-refractivity contribution in [3.63, 3.8) is 0 Å². The van der Waals surface area contributed by atoms with E-state index in [-0.39, 0.29) is 12.5 Å². The first-order valence-electron chi connectivity index (χ1n) is 7.48. The second-order valence-corrected chi connectivity index (χ2v) is 5.01. The minimum atomic E-state index is -0.135. The van der Waals surface area contributed by atoms with Gasteiger partial charge in [-0.1, -0.05) is 0 Å². The summed E-state index contributed by atoms with van der Waals surface area (Å²) < 4.78 is 12.1. The molecule has 0 spiro atoms. The van der Waals surface area contributed by atoms with Crippen molar-refractivity contribution in [2.45, 2.75) is 13.5 Å². The fourth-order valence-corrected chi connectivity index (χ4v) is 2.14. The van der Waals surface area contributed by atoms with E-state index in [4.69, 9.17) is 9.47 Å². The predicted octanol–water partition coefficient (Wildman–Crippen LogP) is 1.03. The van der Waals surface area contributed by atoms with Crippen molar-refractivity contribution >= 4 is 5.91 Å². The Morgan fingerprint density at radius 2 is 2.09 bits per heavy atom. The Hall–Kier alpha value is -2.25. The quantitative estimate of drug-likeness (QED) is 0.699. The van der Waals surface area contributed by atoms with Crippen molar-refractivity contribution in [3.8, 4) is 11.4 Å². The molecule has 0 aliphatic rings. The molecular formula is C16H22N4O3. The summed E-state index contributed by atoms with van der Waals surface area (Å²) in [5.74, 6) is 0.736. The molecule has 0 aliphatic heterocycles. The molecule has 0 saturated carbocycles. The number of ether oxygens (including phenoxy) is 2. The minimum Gasteiger partial charge on any atom is -0.382 e. The molecule has 0 unspecified atom stereocenters. The molecule has 0 radical (unpaired) electrons. The van der Waals surface area contributed by atoms with Crippen molar-refractivity contribution in [2.24, 2.45) is 0 Å². The summed E-state index contributed by atoms with van der Waals surface area (Å²) in [7, 11) is 1.59. The third-order valence-electron chi connectivity index (χ3n) is 3.32. The zero-order valence-electron chi connectivity index (χ0n) is 13.5. The number of imidazole rings is 1. The van der Waals surface area contributed by atoms with Gasteiger partial charge in [0.1, 0.15) is 12.4 Å². The molecule has 7 nitrogen and oxygen atoms in total. The van der Waals surface area contributed by atoms with E-state index in [9.17, 15) is 4.79 Å². The first-order chi connectivity index (χ1) is 11.2. The van der Waals surface area contributed by atoms with Crippen LogP contribution in [0.1, 0.15) is 5.69 Å². The predicted molar refractivity (Wildman–Crippen MR) is 85.9 cm³/mol. The SMILES string of the molecule is COCCOCC(=O)NCCn1c(C)cnc1-c1ccncc1. The summed E-state index contributed by atoms with van der Waals surface area (Å²) in [5.41, 5.74) is 2.05. The number of rotatable bonds is 9. The van der Waals surface area contributed by atoms with Crippen LogP contribution in [0.15, 0.2) is 30.7 Å². The van der Waals surface area contributed by atoms with Crippen LogP contribution in [-0.2, 0) is 20.8 Å². The van der Waals surface area contributed by atoms with Gasteiger partial charge >= 0.3 is 0 Å². The highest BCUT2D eigenvalue weighted by Gasteiger charge is 2.09. The van der Waals surface area contributed by atoms with Gasteiger partial charge in [-0.15, -0.1) is 0 Å². The normalized spacial score (nSPS) is 10.7. The molecule has 0 bridgehead atoms. The maximum absolute atomic E-state index is 11.7. The lowest BCUT2D eigenvalue weighted by atomic mass is 10.2. The zero-order valence-corrected chi connectivity index (χ0v) is 13.5. The van der Waals surface area contributed by atoms with Crippen LogP contribution in [0.3, 0.4) is 0 Å². The number of methoxy groups -OCH3 is 1. The second kappa shape index (κ2) is 9.02. The summed E-state index contributed by atoms with van der Waals surface area (Å²) in [6.45, 7) is 4.10. The highest BCUT2D eigenvalue weighted by molar-refractivity contribution is 5.77. The number of aromatic nitrogens is 3. The summed E-state index contributed by atoms with van der Waals surface area (Å²) in [5, 5.41) is 2.84. The summed E-state index contributed by atoms with van der Waals surface area (Å²) in [6.07, 6.45) is 5.30. The summed E-state index contributed by atoms with van der Waals surface area (Å²) in [4.78, 5) is 20.1. The van der Waals surface area contributed by atoms with Crippen LogP contribution in [0, 0.1) is 6.92 Å². The van der Waals surface area contributed by atoms with E-state index in [1.54, 1.807) is 19.5 Å². The summed E-state index contributed by atoms with van der Waals surface area (Å²) >= 11 is 0. The molecular weight excluding hydrogens is 296 g/mol. The Kier molecular flexibility index (Phi) is 6.71. The Morgan fingerprint density at radius 1 is 1.30 bits per heavy atom. The van der Waals surface area contributed by atoms with Crippen molar-refractivity contribution in [1.82, 2.24) is 19.9 Å². The fraction of sp³-hybridized carbons (Fsp3) is 0.438. The van der Waals surface area contributed by atoms with Crippen LogP contribution in [0.4, 0.5) is 0 Å². The number of carbonyl (C=O) groups excluding carboxylic acids is 1. The van der Waals surface area contributed by atoms with Crippen molar-refractivity contribution < 1.29 is 14.3 Å². The van der Waals surface area contributed by atoms with Gasteiger partial charge in [0.05, 0.1) is 13.2 Å². The second-order valence-electron chi connectivity index (χ2n) is 5.01. The number of hydrogen-bond acceptors (Lipinski definition) is 5. The third kappa shape index (κ3) is 5.15. The van der Waals surface area contributed by atoms with E-state index < -0.39 is 0 Å². The molecule has 2 rings (SSSR count). The third-order valence-corrected chi connectivity index (χ3v) is 3.32. The van der Waals surface area contributed by atoms with E-state index in [0.717, 1.165) is 17.1 Å². The Balaban J connectivity index is 1.84. The van der Waals surface area contributed by atoms with Crippen LogP contribution in [-0.4, -0.2) is 53.9 Å². The smallest absolute Gasteiger partial charge is 0.246 e. The Labute approximate surface area is 135 Å². The maximum Gasteiger partial charge on any atom is 0.246 e. The van der Waals surface area contributed by atoms with E-state index in [1.165, 1.54) is 0 Å². The van der Waals surface area contributed by atoms with Crippen LogP contribution in [0.25, 0.3) is 11.4 Å². The van der Waals surface area contributed by atoms with Crippen LogP contribution >= 0.6 is 0 Å². The molecule has 7 heteroatoms. The molecule has 1 N–H and O–H groups in total. The lowest BCUT2D eigenvalue weighted by Gasteiger charge is -2.11. The van der Waals surface area contributed by atoms with E-state index in [2.05, 4.69) is 19.9 Å². The van der Waals surface area contributed by atoms with Crippen LogP contribution in [0.5, 0.6) is 0 Å². The van der Waals surface area contributed by atoms with Crippen molar-refractivity contribution in [3.05, 3.63) is 36.4 Å². The Morgan fingerprint density at radius 3 is 2.83 bits per heavy atom. The molecule has 2 aromatic heterocycles. The molecule has 1 amide bonds. The average molecular weight is 318 g/mol. The summed E-state index contributed by atoms with van der Waals surface area (Å²) in [6, 6.07) is 3.83. The number of hydrogen-bond donors (Lipinski definition) is 1. The van der Waals surface area contributed by atoms with Gasteiger partial charge in [-0.2, -0.15) is 0 Å². The first-order valence-corrected chi connectivity index (χ1v) is 7.48. The molecule has 124 valence electrons. The van der Waals surface area contributed by atoms with Crippen molar-refractivity contribution in [1.29, 1.82) is 0 Å². The van der Waals surface area contributed by atoms with Gasteiger partial charge < -0.3 is 19.4 Å². The molecule has 0 aromatic carbocycles. The number of pyridine rings is 1. The van der Waals surface area contributed by atoms with Crippen molar-refractivity contribution in [2.75, 3.05) is 33.5 Å². The van der Waals surface area contributed by atoms with Crippen LogP contribution < -0.4 is 5.32 Å². The maximum atomic E-state index is 11.7. The van der Waals surface area contributed by atoms with E-state index in [1.807, 2.05) is 25.3 Å². The van der Waals surface area contributed by atoms with E-state index >= 15 is 0 Å². The van der Waals surface area contributed by atoms with Gasteiger partial charge in [0.2, 0.25) is 5.91 Å². The number of carbonyl (C=O) groups is 1. The number of nitrogens with zero attached hydrogens (tertiary/aromatic N) is 3. The highest BCUT2D eigenvalue weighted by Crippen LogP contribution is 2.18. The number of aryl methyl sites for hydroxylation is 1. The zero-order chi connectivity index (χ0) is 16.5. The molecule has 2 heterocycles. The lowest BCUT2D eigenvalue weighted by molar-refractivity contribution is -0.126. The van der Waals surface area contributed by atoms with Gasteiger partial charge in [0.25, 0.3) is 0 Å². The standard InChI is InChI=1S/C16H22N4O3/c1-13-11-19-16(14-3-5-17-6-4-14)20(13)8-7-18-15(21)12-23-10-9-22-2/h3-6,11H,7-10,12H2,1-2H3,(H,18,21). The molecule has 23 heavy (non-hydrogen) atoms. The largest absolute Gasteiger partial charge is 0.382 e. The highest BCUT2D eigenvalue weighted by atomic mass is 16.5. The molecule has 0 fully saturated rings. The van der Waals surface area contributed by atoms with Gasteiger partial charge in [0.15, 0.2) is 0 Å².